The van der Waals surface area contributed by atoms with Gasteiger partial charge >= 0.3 is 0 Å². The maximum absolute atomic E-state index is 12.7. The van der Waals surface area contributed by atoms with Crippen molar-refractivity contribution >= 4 is 34.8 Å². The van der Waals surface area contributed by atoms with E-state index < -0.39 is 0 Å². The van der Waals surface area contributed by atoms with Crippen LogP contribution in [-0.2, 0) is 9.59 Å². The second-order valence-corrected chi connectivity index (χ2v) is 7.28. The molecule has 1 N–H and O–H groups in total. The molecule has 7 heteroatoms. The molecule has 0 aromatic heterocycles. The summed E-state index contributed by atoms with van der Waals surface area (Å²) in [5.74, 6) is -0.682. The maximum Gasteiger partial charge on any atom is 0.271 e. The number of carbonyl (C=O) groups is 3. The van der Waals surface area contributed by atoms with Gasteiger partial charge in [0.2, 0.25) is 5.91 Å². The standard InChI is InChI=1S/C22H24N4O3/c1-14-8-9-15(2)19(12-14)26-20(27)11-10-18(24-26)21(28)23-17-7-5-6-16(13-17)22(29)25(3)4/h5-9,12-13H,10-11H2,1-4H3,(H,23,28). The Hall–Kier alpha value is -3.48. The molecule has 3 amide bonds. The van der Waals surface area contributed by atoms with E-state index in [1.165, 1.54) is 9.91 Å². The van der Waals surface area contributed by atoms with Gasteiger partial charge in [-0.15, -0.1) is 0 Å². The molecule has 1 heterocycles. The zero-order chi connectivity index (χ0) is 21.1. The van der Waals surface area contributed by atoms with E-state index in [9.17, 15) is 14.4 Å². The van der Waals surface area contributed by atoms with Gasteiger partial charge in [0, 0.05) is 38.2 Å². The van der Waals surface area contributed by atoms with Gasteiger partial charge in [-0.1, -0.05) is 18.2 Å². The van der Waals surface area contributed by atoms with Crippen molar-refractivity contribution in [3.8, 4) is 0 Å². The van der Waals surface area contributed by atoms with Crippen LogP contribution in [0.15, 0.2) is 47.6 Å². The van der Waals surface area contributed by atoms with Gasteiger partial charge in [0.1, 0.15) is 5.71 Å². The highest BCUT2D eigenvalue weighted by atomic mass is 16.2. The predicted molar refractivity (Wildman–Crippen MR) is 113 cm³/mol. The monoisotopic (exact) mass is 392 g/mol. The van der Waals surface area contributed by atoms with E-state index in [-0.39, 0.29) is 36.3 Å². The third-order valence-electron chi connectivity index (χ3n) is 4.66. The first kappa shape index (κ1) is 20.3. The lowest BCUT2D eigenvalue weighted by Gasteiger charge is -2.25. The number of carbonyl (C=O) groups excluding carboxylic acids is 3. The molecule has 3 rings (SSSR count). The molecule has 2 aromatic rings. The van der Waals surface area contributed by atoms with Crippen molar-refractivity contribution in [2.24, 2.45) is 5.10 Å². The Morgan fingerprint density at radius 1 is 1.07 bits per heavy atom. The van der Waals surface area contributed by atoms with Crippen LogP contribution in [0.5, 0.6) is 0 Å². The largest absolute Gasteiger partial charge is 0.345 e. The highest BCUT2D eigenvalue weighted by Crippen LogP contribution is 2.25. The number of rotatable bonds is 4. The number of anilines is 2. The molecular formula is C22H24N4O3. The van der Waals surface area contributed by atoms with Crippen LogP contribution in [0.2, 0.25) is 0 Å². The minimum absolute atomic E-state index is 0.145. The SMILES string of the molecule is Cc1ccc(C)c(N2N=C(C(=O)Nc3cccc(C(=O)N(C)C)c3)CCC2=O)c1. The number of benzene rings is 2. The number of hydrazone groups is 1. The molecule has 1 aliphatic heterocycles. The molecule has 0 unspecified atom stereocenters. The van der Waals surface area contributed by atoms with Crippen LogP contribution in [0.1, 0.15) is 34.3 Å². The van der Waals surface area contributed by atoms with Gasteiger partial charge < -0.3 is 10.2 Å². The molecule has 2 aromatic carbocycles. The molecule has 0 radical (unpaired) electrons. The summed E-state index contributed by atoms with van der Waals surface area (Å²) in [5.41, 5.74) is 3.84. The topological polar surface area (TPSA) is 82.1 Å². The Kier molecular flexibility index (Phi) is 5.77. The zero-order valence-corrected chi connectivity index (χ0v) is 17.0. The van der Waals surface area contributed by atoms with Crippen LogP contribution in [0.3, 0.4) is 0 Å². The third kappa shape index (κ3) is 4.51. The van der Waals surface area contributed by atoms with Crippen LogP contribution < -0.4 is 10.3 Å². The molecule has 0 saturated carbocycles. The van der Waals surface area contributed by atoms with Crippen molar-refractivity contribution in [3.05, 3.63) is 59.2 Å². The number of nitrogens with zero attached hydrogens (tertiary/aromatic N) is 3. The lowest BCUT2D eigenvalue weighted by molar-refractivity contribution is -0.118. The fourth-order valence-electron chi connectivity index (χ4n) is 3.04. The molecule has 1 aliphatic rings. The van der Waals surface area contributed by atoms with Gasteiger partial charge in [-0.25, -0.2) is 5.01 Å². The number of amides is 3. The Balaban J connectivity index is 1.84. The van der Waals surface area contributed by atoms with E-state index in [0.717, 1.165) is 11.1 Å². The number of hydrogen-bond donors (Lipinski definition) is 1. The second kappa shape index (κ2) is 8.26. The smallest absolute Gasteiger partial charge is 0.271 e. The zero-order valence-electron chi connectivity index (χ0n) is 17.0. The Labute approximate surface area is 170 Å². The first-order valence-electron chi connectivity index (χ1n) is 9.37. The van der Waals surface area contributed by atoms with Crippen LogP contribution in [0.25, 0.3) is 0 Å². The van der Waals surface area contributed by atoms with E-state index in [2.05, 4.69) is 10.4 Å². The van der Waals surface area contributed by atoms with E-state index in [0.29, 0.717) is 16.9 Å². The maximum atomic E-state index is 12.7. The number of aryl methyl sites for hydroxylation is 2. The van der Waals surface area contributed by atoms with Gasteiger partial charge in [-0.05, 0) is 49.2 Å². The first-order chi connectivity index (χ1) is 13.8. The molecule has 0 atom stereocenters. The predicted octanol–water partition coefficient (Wildman–Crippen LogP) is 3.13. The van der Waals surface area contributed by atoms with E-state index in [1.807, 2.05) is 32.0 Å². The van der Waals surface area contributed by atoms with Crippen molar-refractivity contribution in [1.29, 1.82) is 0 Å². The molecule has 0 bridgehead atoms. The summed E-state index contributed by atoms with van der Waals surface area (Å²) in [4.78, 5) is 38.8. The average molecular weight is 392 g/mol. The van der Waals surface area contributed by atoms with Crippen molar-refractivity contribution in [3.63, 3.8) is 0 Å². The van der Waals surface area contributed by atoms with Crippen LogP contribution in [0.4, 0.5) is 11.4 Å². The molecule has 0 spiro atoms. The highest BCUT2D eigenvalue weighted by molar-refractivity contribution is 6.44. The normalized spacial score (nSPS) is 13.7. The molecule has 0 saturated heterocycles. The lowest BCUT2D eigenvalue weighted by Crippen LogP contribution is -2.36. The van der Waals surface area contributed by atoms with Crippen molar-refractivity contribution in [1.82, 2.24) is 4.90 Å². The summed E-state index contributed by atoms with van der Waals surface area (Å²) in [6.45, 7) is 3.84. The van der Waals surface area contributed by atoms with Crippen molar-refractivity contribution < 1.29 is 14.4 Å². The van der Waals surface area contributed by atoms with Crippen LogP contribution in [0, 0.1) is 13.8 Å². The second-order valence-electron chi connectivity index (χ2n) is 7.28. The summed E-state index contributed by atoms with van der Waals surface area (Å²) < 4.78 is 0. The highest BCUT2D eigenvalue weighted by Gasteiger charge is 2.26. The fraction of sp³-hybridized carbons (Fsp3) is 0.273. The minimum Gasteiger partial charge on any atom is -0.345 e. The van der Waals surface area contributed by atoms with E-state index in [1.54, 1.807) is 38.4 Å². The summed E-state index contributed by atoms with van der Waals surface area (Å²) in [6.07, 6.45) is 0.473. The lowest BCUT2D eigenvalue weighted by atomic mass is 10.1. The molecule has 7 nitrogen and oxygen atoms in total. The van der Waals surface area contributed by atoms with Gasteiger partial charge in [0.05, 0.1) is 5.69 Å². The molecule has 29 heavy (non-hydrogen) atoms. The first-order valence-corrected chi connectivity index (χ1v) is 9.37. The van der Waals surface area contributed by atoms with Gasteiger partial charge in [0.25, 0.3) is 11.8 Å². The molecule has 0 aliphatic carbocycles. The van der Waals surface area contributed by atoms with Crippen LogP contribution in [-0.4, -0.2) is 42.4 Å². The van der Waals surface area contributed by atoms with Crippen LogP contribution >= 0.6 is 0 Å². The van der Waals surface area contributed by atoms with E-state index in [4.69, 9.17) is 0 Å². The number of nitrogens with one attached hydrogen (secondary N) is 1. The van der Waals surface area contributed by atoms with Gasteiger partial charge in [0.15, 0.2) is 0 Å². The Bertz CT molecular complexity index is 1010. The van der Waals surface area contributed by atoms with Gasteiger partial charge in [-0.2, -0.15) is 5.10 Å². The summed E-state index contributed by atoms with van der Waals surface area (Å²) in [6, 6.07) is 12.5. The van der Waals surface area contributed by atoms with E-state index >= 15 is 0 Å². The summed E-state index contributed by atoms with van der Waals surface area (Å²) >= 11 is 0. The fourth-order valence-corrected chi connectivity index (χ4v) is 3.04. The Morgan fingerprint density at radius 3 is 2.55 bits per heavy atom. The van der Waals surface area contributed by atoms with Crippen molar-refractivity contribution in [2.45, 2.75) is 26.7 Å². The van der Waals surface area contributed by atoms with Crippen molar-refractivity contribution in [2.75, 3.05) is 24.4 Å². The molecule has 0 fully saturated rings. The quantitative estimate of drug-likeness (QED) is 0.868. The average Bonchev–Trinajstić information content (AvgIpc) is 2.69. The molecule has 150 valence electrons. The van der Waals surface area contributed by atoms with Gasteiger partial charge in [-0.3, -0.25) is 14.4 Å². The Morgan fingerprint density at radius 2 is 1.83 bits per heavy atom. The minimum atomic E-state index is -0.387. The number of hydrogen-bond acceptors (Lipinski definition) is 4. The summed E-state index contributed by atoms with van der Waals surface area (Å²) in [5, 5.41) is 8.42. The summed E-state index contributed by atoms with van der Waals surface area (Å²) in [7, 11) is 3.34. The molecular weight excluding hydrogens is 368 g/mol. The third-order valence-corrected chi connectivity index (χ3v) is 4.66.